The molecule has 17 heavy (non-hydrogen) atoms. The van der Waals surface area contributed by atoms with Gasteiger partial charge in [0.15, 0.2) is 9.84 Å². The summed E-state index contributed by atoms with van der Waals surface area (Å²) in [5.74, 6) is -3.36. The lowest BCUT2D eigenvalue weighted by Gasteiger charge is -2.15. The van der Waals surface area contributed by atoms with Crippen molar-refractivity contribution in [3.63, 3.8) is 0 Å². The van der Waals surface area contributed by atoms with Crippen LogP contribution in [0.4, 0.5) is 0 Å². The number of nitrogens with one attached hydrogen (secondary N) is 1. The van der Waals surface area contributed by atoms with Gasteiger partial charge >= 0.3 is 5.97 Å². The van der Waals surface area contributed by atoms with Crippen molar-refractivity contribution in [2.75, 3.05) is 6.26 Å². The Bertz CT molecular complexity index is 429. The van der Waals surface area contributed by atoms with Crippen LogP contribution in [0.5, 0.6) is 0 Å². The van der Waals surface area contributed by atoms with Gasteiger partial charge < -0.3 is 16.2 Å². The molecule has 0 rings (SSSR count). The molecule has 1 unspecified atom stereocenters. The predicted molar refractivity (Wildman–Crippen MR) is 57.7 cm³/mol. The molecule has 8 nitrogen and oxygen atoms in total. The molecule has 9 heteroatoms. The molecule has 98 valence electrons. The zero-order chi connectivity index (χ0) is 13.8. The van der Waals surface area contributed by atoms with Crippen LogP contribution in [0.25, 0.3) is 0 Å². The topological polar surface area (TPSA) is 144 Å². The van der Waals surface area contributed by atoms with E-state index in [1.165, 1.54) is 0 Å². The first kappa shape index (κ1) is 15.4. The molecule has 2 atom stereocenters. The number of primary amides is 1. The Balaban J connectivity index is 4.74. The van der Waals surface area contributed by atoms with Gasteiger partial charge in [0, 0.05) is 6.26 Å². The van der Waals surface area contributed by atoms with Gasteiger partial charge in [-0.25, -0.2) is 13.2 Å². The summed E-state index contributed by atoms with van der Waals surface area (Å²) < 4.78 is 22.1. The highest BCUT2D eigenvalue weighted by Gasteiger charge is 2.29. The molecule has 0 saturated heterocycles. The predicted octanol–water partition coefficient (Wildman–Crippen LogP) is -2.14. The largest absolute Gasteiger partial charge is 0.480 e. The van der Waals surface area contributed by atoms with Crippen LogP contribution < -0.4 is 11.1 Å². The van der Waals surface area contributed by atoms with E-state index >= 15 is 0 Å². The second-order valence-electron chi connectivity index (χ2n) is 3.54. The van der Waals surface area contributed by atoms with Crippen molar-refractivity contribution in [3.05, 3.63) is 0 Å². The lowest BCUT2D eigenvalue weighted by molar-refractivity contribution is -0.143. The van der Waals surface area contributed by atoms with E-state index in [0.29, 0.717) is 0 Å². The van der Waals surface area contributed by atoms with E-state index in [4.69, 9.17) is 10.8 Å². The molecular formula is C8H14N2O6S. The second kappa shape index (κ2) is 5.62. The maximum absolute atomic E-state index is 11.4. The van der Waals surface area contributed by atoms with Crippen LogP contribution in [0, 0.1) is 0 Å². The summed E-state index contributed by atoms with van der Waals surface area (Å²) in [6.45, 7) is 1.12. The summed E-state index contributed by atoms with van der Waals surface area (Å²) in [6.07, 6.45) is 0.249. The number of aliphatic carboxylic acids is 1. The maximum Gasteiger partial charge on any atom is 0.326 e. The minimum absolute atomic E-state index is 0.600. The highest BCUT2D eigenvalue weighted by Crippen LogP contribution is 2.00. The number of carbonyl (C=O) groups excluding carboxylic acids is 2. The van der Waals surface area contributed by atoms with Gasteiger partial charge in [0.05, 0.1) is 6.42 Å². The van der Waals surface area contributed by atoms with Crippen LogP contribution >= 0.6 is 0 Å². The Morgan fingerprint density at radius 2 is 1.82 bits per heavy atom. The van der Waals surface area contributed by atoms with Crippen molar-refractivity contribution in [1.29, 1.82) is 0 Å². The molecule has 0 radical (unpaired) electrons. The van der Waals surface area contributed by atoms with Crippen molar-refractivity contribution in [2.24, 2.45) is 5.73 Å². The third-order valence-corrected chi connectivity index (χ3v) is 3.53. The Morgan fingerprint density at radius 1 is 1.35 bits per heavy atom. The summed E-state index contributed by atoms with van der Waals surface area (Å²) in [5.41, 5.74) is 4.80. The summed E-state index contributed by atoms with van der Waals surface area (Å²) in [7, 11) is -3.62. The number of hydrogen-bond acceptors (Lipinski definition) is 5. The van der Waals surface area contributed by atoms with Gasteiger partial charge in [-0.3, -0.25) is 9.59 Å². The van der Waals surface area contributed by atoms with Crippen LogP contribution in [0.3, 0.4) is 0 Å². The van der Waals surface area contributed by atoms with E-state index in [1.807, 2.05) is 5.32 Å². The zero-order valence-electron chi connectivity index (χ0n) is 9.34. The van der Waals surface area contributed by atoms with Crippen molar-refractivity contribution in [2.45, 2.75) is 24.6 Å². The first-order chi connectivity index (χ1) is 7.55. The number of carboxylic acid groups (broad SMARTS) is 1. The van der Waals surface area contributed by atoms with Gasteiger partial charge in [0.25, 0.3) is 0 Å². The fraction of sp³-hybridized carbons (Fsp3) is 0.625. The van der Waals surface area contributed by atoms with E-state index in [0.717, 1.165) is 13.2 Å². The van der Waals surface area contributed by atoms with Crippen LogP contribution in [0.1, 0.15) is 13.3 Å². The van der Waals surface area contributed by atoms with Gasteiger partial charge in [0.1, 0.15) is 11.3 Å². The number of sulfone groups is 1. The van der Waals surface area contributed by atoms with Gasteiger partial charge in [0.2, 0.25) is 11.8 Å². The van der Waals surface area contributed by atoms with E-state index in [1.54, 1.807) is 0 Å². The fourth-order valence-corrected chi connectivity index (χ4v) is 1.34. The second-order valence-corrected chi connectivity index (χ2v) is 5.91. The molecule has 0 aromatic heterocycles. The van der Waals surface area contributed by atoms with Crippen LogP contribution in [0.2, 0.25) is 0 Å². The molecule has 0 bridgehead atoms. The Kier molecular flexibility index (Phi) is 5.08. The Labute approximate surface area is 98.1 Å². The summed E-state index contributed by atoms with van der Waals surface area (Å²) in [4.78, 5) is 32.6. The molecule has 0 aliphatic carbocycles. The maximum atomic E-state index is 11.4. The third kappa shape index (κ3) is 5.29. The minimum Gasteiger partial charge on any atom is -0.480 e. The normalized spacial score (nSPS) is 14.7. The Morgan fingerprint density at radius 3 is 2.12 bits per heavy atom. The van der Waals surface area contributed by atoms with Gasteiger partial charge in [-0.05, 0) is 6.92 Å². The average molecular weight is 266 g/mol. The average Bonchev–Trinajstić information content (AvgIpc) is 2.13. The van der Waals surface area contributed by atoms with Crippen molar-refractivity contribution < 1.29 is 27.9 Å². The number of nitrogens with two attached hydrogens (primary N) is 1. The van der Waals surface area contributed by atoms with Crippen molar-refractivity contribution in [3.8, 4) is 0 Å². The van der Waals surface area contributed by atoms with Crippen LogP contribution in [-0.4, -0.2) is 48.9 Å². The first-order valence-corrected chi connectivity index (χ1v) is 6.51. The molecular weight excluding hydrogens is 252 g/mol. The van der Waals surface area contributed by atoms with Gasteiger partial charge in [-0.15, -0.1) is 0 Å². The van der Waals surface area contributed by atoms with E-state index < -0.39 is 45.3 Å². The highest BCUT2D eigenvalue weighted by molar-refractivity contribution is 7.92. The van der Waals surface area contributed by atoms with Gasteiger partial charge in [-0.1, -0.05) is 0 Å². The van der Waals surface area contributed by atoms with E-state index in [9.17, 15) is 22.8 Å². The molecule has 0 saturated carbocycles. The smallest absolute Gasteiger partial charge is 0.326 e. The summed E-state index contributed by atoms with van der Waals surface area (Å²) in [6, 6.07) is -1.52. The molecule has 0 heterocycles. The minimum atomic E-state index is -3.62. The van der Waals surface area contributed by atoms with Crippen molar-refractivity contribution >= 4 is 27.6 Å². The number of amides is 2. The number of carbonyl (C=O) groups is 3. The molecule has 0 aromatic rings. The number of rotatable bonds is 6. The van der Waals surface area contributed by atoms with E-state index in [2.05, 4.69) is 0 Å². The van der Waals surface area contributed by atoms with Crippen molar-refractivity contribution in [1.82, 2.24) is 5.32 Å². The fourth-order valence-electron chi connectivity index (χ4n) is 0.885. The van der Waals surface area contributed by atoms with E-state index in [-0.39, 0.29) is 0 Å². The SMILES string of the molecule is CC(C(=O)N[C@@H](CC(N)=O)C(=O)O)S(C)(=O)=O. The quantitative estimate of drug-likeness (QED) is 0.500. The molecule has 0 spiro atoms. The lowest BCUT2D eigenvalue weighted by Crippen LogP contribution is -2.48. The zero-order valence-corrected chi connectivity index (χ0v) is 10.2. The van der Waals surface area contributed by atoms with Crippen LogP contribution in [-0.2, 0) is 24.2 Å². The summed E-state index contributed by atoms with van der Waals surface area (Å²) in [5, 5.41) is 9.23. The first-order valence-electron chi connectivity index (χ1n) is 4.56. The lowest BCUT2D eigenvalue weighted by atomic mass is 10.2. The summed E-state index contributed by atoms with van der Waals surface area (Å²) >= 11 is 0. The molecule has 0 aliphatic rings. The molecule has 4 N–H and O–H groups in total. The monoisotopic (exact) mass is 266 g/mol. The standard InChI is InChI=1S/C8H14N2O6S/c1-4(17(2,15)16)7(12)10-5(8(13)14)3-6(9)11/h4-5H,3H2,1-2H3,(H2,9,11)(H,10,12)(H,13,14)/t4?,5-/m0/s1. The molecule has 0 fully saturated rings. The highest BCUT2D eigenvalue weighted by atomic mass is 32.2. The molecule has 2 amide bonds. The molecule has 0 aliphatic heterocycles. The molecule has 0 aromatic carbocycles. The third-order valence-electron chi connectivity index (χ3n) is 2.03. The van der Waals surface area contributed by atoms with Gasteiger partial charge in [-0.2, -0.15) is 0 Å². The number of carboxylic acids is 1. The van der Waals surface area contributed by atoms with Crippen LogP contribution in [0.15, 0.2) is 0 Å². The number of hydrogen-bond donors (Lipinski definition) is 3. The Hall–Kier alpha value is -1.64.